The van der Waals surface area contributed by atoms with Gasteiger partial charge in [0.1, 0.15) is 5.60 Å². The number of hydrogen-bond donors (Lipinski definition) is 1. The minimum Gasteiger partial charge on any atom is -0.375 e. The fourth-order valence-corrected chi connectivity index (χ4v) is 2.42. The van der Waals surface area contributed by atoms with Crippen LogP contribution in [0.25, 0.3) is 0 Å². The summed E-state index contributed by atoms with van der Waals surface area (Å²) >= 11 is 4.32. The first-order chi connectivity index (χ1) is 5.37. The highest BCUT2D eigenvalue weighted by Crippen LogP contribution is 2.36. The third-order valence-electron chi connectivity index (χ3n) is 2.70. The first-order valence-corrected chi connectivity index (χ1v) is 4.87. The minimum atomic E-state index is -0.0264. The molecule has 0 amide bonds. The molecule has 0 spiro atoms. The molecule has 0 N–H and O–H groups in total. The zero-order valence-electron chi connectivity index (χ0n) is 6.58. The van der Waals surface area contributed by atoms with Gasteiger partial charge in [-0.25, -0.2) is 0 Å². The fourth-order valence-electron chi connectivity index (χ4n) is 1.97. The van der Waals surface area contributed by atoms with Crippen molar-refractivity contribution in [3.05, 3.63) is 0 Å². The van der Waals surface area contributed by atoms with E-state index in [1.807, 2.05) is 0 Å². The Kier molecular flexibility index (Phi) is 2.12. The van der Waals surface area contributed by atoms with Crippen molar-refractivity contribution in [1.82, 2.24) is 0 Å². The highest BCUT2D eigenvalue weighted by atomic mass is 32.1. The molecule has 0 aromatic rings. The van der Waals surface area contributed by atoms with Crippen molar-refractivity contribution in [3.8, 4) is 0 Å². The van der Waals surface area contributed by atoms with E-state index in [1.165, 1.54) is 0 Å². The second-order valence-corrected chi connectivity index (χ2v) is 3.64. The van der Waals surface area contributed by atoms with E-state index < -0.39 is 0 Å². The second-order valence-electron chi connectivity index (χ2n) is 3.32. The third-order valence-corrected chi connectivity index (χ3v) is 3.23. The van der Waals surface area contributed by atoms with E-state index in [0.717, 1.165) is 38.2 Å². The van der Waals surface area contributed by atoms with Crippen LogP contribution in [0, 0.1) is 0 Å². The predicted octanol–water partition coefficient (Wildman–Crippen LogP) is 1.25. The minimum absolute atomic E-state index is 0.0264. The van der Waals surface area contributed by atoms with E-state index in [1.54, 1.807) is 0 Å². The highest BCUT2D eigenvalue weighted by molar-refractivity contribution is 7.80. The topological polar surface area (TPSA) is 18.5 Å². The molecule has 2 saturated heterocycles. The van der Waals surface area contributed by atoms with Crippen molar-refractivity contribution >= 4 is 12.6 Å². The molecule has 2 atom stereocenters. The summed E-state index contributed by atoms with van der Waals surface area (Å²) in [5.41, 5.74) is -0.0264. The van der Waals surface area contributed by atoms with Gasteiger partial charge in [0.2, 0.25) is 0 Å². The number of thiol groups is 1. The van der Waals surface area contributed by atoms with Gasteiger partial charge in [-0.1, -0.05) is 0 Å². The van der Waals surface area contributed by atoms with Crippen molar-refractivity contribution in [2.45, 2.75) is 31.0 Å². The van der Waals surface area contributed by atoms with E-state index in [9.17, 15) is 0 Å². The summed E-state index contributed by atoms with van der Waals surface area (Å²) in [4.78, 5) is 0. The van der Waals surface area contributed by atoms with Crippen LogP contribution in [0.4, 0.5) is 0 Å². The summed E-state index contributed by atoms with van der Waals surface area (Å²) in [5.74, 6) is 0.803. The summed E-state index contributed by atoms with van der Waals surface area (Å²) < 4.78 is 11.3. The molecule has 2 fully saturated rings. The van der Waals surface area contributed by atoms with Gasteiger partial charge in [-0.05, 0) is 12.8 Å². The highest BCUT2D eigenvalue weighted by Gasteiger charge is 2.45. The zero-order chi connectivity index (χ0) is 7.73. The van der Waals surface area contributed by atoms with Crippen LogP contribution in [0.5, 0.6) is 0 Å². The van der Waals surface area contributed by atoms with Gasteiger partial charge >= 0.3 is 0 Å². The van der Waals surface area contributed by atoms with Crippen LogP contribution in [0.3, 0.4) is 0 Å². The van der Waals surface area contributed by atoms with Crippen molar-refractivity contribution < 1.29 is 9.47 Å². The van der Waals surface area contributed by atoms with Crippen LogP contribution >= 0.6 is 12.6 Å². The molecule has 0 aromatic carbocycles. The molecule has 2 aliphatic rings. The van der Waals surface area contributed by atoms with E-state index in [-0.39, 0.29) is 5.60 Å². The molecule has 0 radical (unpaired) electrons. The van der Waals surface area contributed by atoms with Gasteiger partial charge in [0.05, 0.1) is 6.10 Å². The lowest BCUT2D eigenvalue weighted by Gasteiger charge is -2.36. The van der Waals surface area contributed by atoms with Gasteiger partial charge in [-0.15, -0.1) is 0 Å². The normalized spacial score (nSPS) is 43.9. The summed E-state index contributed by atoms with van der Waals surface area (Å²) in [5, 5.41) is 0. The Bertz CT molecular complexity index is 151. The van der Waals surface area contributed by atoms with Crippen LogP contribution in [0.2, 0.25) is 0 Å². The first kappa shape index (κ1) is 7.90. The quantitative estimate of drug-likeness (QED) is 0.603. The molecule has 2 aliphatic heterocycles. The van der Waals surface area contributed by atoms with E-state index in [0.29, 0.717) is 6.10 Å². The SMILES string of the molecule is SC[C@]12CCO[C@H]1CCCO2. The molecular weight excluding hydrogens is 160 g/mol. The van der Waals surface area contributed by atoms with E-state index >= 15 is 0 Å². The van der Waals surface area contributed by atoms with Crippen LogP contribution < -0.4 is 0 Å². The maximum absolute atomic E-state index is 5.74. The maximum atomic E-state index is 5.74. The standard InChI is InChI=1S/C8H14O2S/c11-6-8-3-5-9-7(8)2-1-4-10-8/h7,11H,1-6H2/t7-,8+/m0/s1. The smallest absolute Gasteiger partial charge is 0.105 e. The monoisotopic (exact) mass is 174 g/mol. The average Bonchev–Trinajstić information content (AvgIpc) is 2.48. The van der Waals surface area contributed by atoms with Crippen molar-refractivity contribution in [2.24, 2.45) is 0 Å². The fraction of sp³-hybridized carbons (Fsp3) is 1.00. The Hall–Kier alpha value is 0.270. The number of fused-ring (bicyclic) bond motifs is 1. The molecular formula is C8H14O2S. The lowest BCUT2D eigenvalue weighted by molar-refractivity contribution is -0.109. The Morgan fingerprint density at radius 3 is 3.09 bits per heavy atom. The van der Waals surface area contributed by atoms with Gasteiger partial charge in [0.25, 0.3) is 0 Å². The Morgan fingerprint density at radius 1 is 1.45 bits per heavy atom. The van der Waals surface area contributed by atoms with Crippen LogP contribution in [-0.2, 0) is 9.47 Å². The van der Waals surface area contributed by atoms with Gasteiger partial charge in [-0.2, -0.15) is 12.6 Å². The van der Waals surface area contributed by atoms with Crippen LogP contribution in [0.1, 0.15) is 19.3 Å². The molecule has 0 aromatic heterocycles. The summed E-state index contributed by atoms with van der Waals surface area (Å²) in [6.07, 6.45) is 3.65. The molecule has 11 heavy (non-hydrogen) atoms. The van der Waals surface area contributed by atoms with Gasteiger partial charge in [-0.3, -0.25) is 0 Å². The number of rotatable bonds is 1. The van der Waals surface area contributed by atoms with E-state index in [2.05, 4.69) is 12.6 Å². The number of ether oxygens (including phenoxy) is 2. The molecule has 2 heterocycles. The van der Waals surface area contributed by atoms with Gasteiger partial charge < -0.3 is 9.47 Å². The lowest BCUT2D eigenvalue weighted by atomic mass is 9.92. The van der Waals surface area contributed by atoms with E-state index in [4.69, 9.17) is 9.47 Å². The van der Waals surface area contributed by atoms with Crippen LogP contribution in [-0.4, -0.2) is 30.7 Å². The molecule has 3 heteroatoms. The zero-order valence-corrected chi connectivity index (χ0v) is 7.48. The molecule has 0 unspecified atom stereocenters. The maximum Gasteiger partial charge on any atom is 0.105 e. The van der Waals surface area contributed by atoms with Gasteiger partial charge in [0, 0.05) is 25.4 Å². The summed E-state index contributed by atoms with van der Waals surface area (Å²) in [7, 11) is 0. The van der Waals surface area contributed by atoms with Gasteiger partial charge in [0.15, 0.2) is 0 Å². The molecule has 0 bridgehead atoms. The van der Waals surface area contributed by atoms with Crippen molar-refractivity contribution in [2.75, 3.05) is 19.0 Å². The summed E-state index contributed by atoms with van der Waals surface area (Å²) in [6, 6.07) is 0. The molecule has 2 rings (SSSR count). The average molecular weight is 174 g/mol. The van der Waals surface area contributed by atoms with Crippen LogP contribution in [0.15, 0.2) is 0 Å². The lowest BCUT2D eigenvalue weighted by Crippen LogP contribution is -2.46. The Morgan fingerprint density at radius 2 is 2.36 bits per heavy atom. The Balaban J connectivity index is 2.12. The largest absolute Gasteiger partial charge is 0.375 e. The molecule has 2 nitrogen and oxygen atoms in total. The second kappa shape index (κ2) is 2.96. The third kappa shape index (κ3) is 1.19. The summed E-state index contributed by atoms with van der Waals surface area (Å²) in [6.45, 7) is 1.74. The molecule has 64 valence electrons. The molecule has 0 saturated carbocycles. The van der Waals surface area contributed by atoms with Crippen molar-refractivity contribution in [3.63, 3.8) is 0 Å². The first-order valence-electron chi connectivity index (χ1n) is 4.24. The van der Waals surface area contributed by atoms with Crippen molar-refractivity contribution in [1.29, 1.82) is 0 Å². The number of hydrogen-bond acceptors (Lipinski definition) is 3. The Labute approximate surface area is 72.7 Å². The predicted molar refractivity (Wildman–Crippen MR) is 46.1 cm³/mol. The molecule has 0 aliphatic carbocycles.